The fourth-order valence-corrected chi connectivity index (χ4v) is 8.57. The molecule has 0 atom stereocenters. The summed E-state index contributed by atoms with van der Waals surface area (Å²) >= 11 is 0. The van der Waals surface area contributed by atoms with Crippen molar-refractivity contribution in [3.63, 3.8) is 0 Å². The Morgan fingerprint density at radius 3 is 1.51 bits per heavy atom. The Bertz CT molecular complexity index is 2280. The van der Waals surface area contributed by atoms with E-state index in [4.69, 9.17) is 13.9 Å². The summed E-state index contributed by atoms with van der Waals surface area (Å²) < 4.78 is 65.6. The van der Waals surface area contributed by atoms with Gasteiger partial charge in [-0.05, 0) is 61.1 Å². The normalized spacial score (nSPS) is 17.9. The molecule has 1 N–H and O–H groups in total. The Morgan fingerprint density at radius 2 is 1.11 bits per heavy atom. The molecule has 4 aliphatic rings. The van der Waals surface area contributed by atoms with Gasteiger partial charge in [0.1, 0.15) is 11.6 Å². The molecule has 5 heterocycles. The van der Waals surface area contributed by atoms with Crippen LogP contribution in [0.15, 0.2) is 77.7 Å². The summed E-state index contributed by atoms with van der Waals surface area (Å²) in [6, 6.07) is 17.5. The number of alkyl halides is 4. The number of Topliss-reactive ketones (excluding diaryl/α,β-unsaturated/α-hetero) is 1. The van der Waals surface area contributed by atoms with Gasteiger partial charge in [-0.3, -0.25) is 9.59 Å². The molecule has 0 unspecified atom stereocenters. The van der Waals surface area contributed by atoms with Crippen molar-refractivity contribution in [1.82, 2.24) is 35.5 Å². The second-order valence-electron chi connectivity index (χ2n) is 16.4. The number of aromatic nitrogens is 6. The molecule has 2 saturated heterocycles. The van der Waals surface area contributed by atoms with Crippen LogP contribution >= 0.6 is 0 Å². The van der Waals surface area contributed by atoms with E-state index in [1.54, 1.807) is 12.4 Å². The van der Waals surface area contributed by atoms with Gasteiger partial charge in [0.25, 0.3) is 17.7 Å². The van der Waals surface area contributed by atoms with Gasteiger partial charge < -0.3 is 29.0 Å². The molecule has 332 valence electrons. The van der Waals surface area contributed by atoms with Crippen LogP contribution < -0.4 is 15.1 Å². The van der Waals surface area contributed by atoms with E-state index in [1.165, 1.54) is 41.3 Å². The number of hydrogen-bond acceptors (Lipinski definition) is 13. The first-order valence-electron chi connectivity index (χ1n) is 21.3. The maximum Gasteiger partial charge on any atom is 0.315 e. The van der Waals surface area contributed by atoms with Crippen LogP contribution in [0, 0.1) is 0 Å². The second kappa shape index (κ2) is 19.7. The molecule has 4 fully saturated rings. The Hall–Kier alpha value is -5.88. The number of nitrogens with one attached hydrogen (secondary N) is 1. The molecule has 9 rings (SSSR count). The van der Waals surface area contributed by atoms with Crippen molar-refractivity contribution in [2.75, 3.05) is 69.0 Å². The maximum absolute atomic E-state index is 12.6. The van der Waals surface area contributed by atoms with Gasteiger partial charge in [0.05, 0.1) is 44.1 Å². The van der Waals surface area contributed by atoms with E-state index in [0.717, 1.165) is 91.1 Å². The molecule has 0 bridgehead atoms. The number of morpholine rings is 2. The summed E-state index contributed by atoms with van der Waals surface area (Å²) in [4.78, 5) is 45.2. The third-order valence-corrected chi connectivity index (χ3v) is 12.6. The van der Waals surface area contributed by atoms with Crippen molar-refractivity contribution in [2.45, 2.75) is 75.0 Å². The molecule has 2 aliphatic heterocycles. The Balaban J connectivity index is 0.000000173. The Labute approximate surface area is 361 Å². The molecule has 18 heteroatoms. The highest BCUT2D eigenvalue weighted by Gasteiger charge is 2.41. The SMILES string of the molecule is FC(F)c1nnc(-c2cnc(CC3(c4ccc(N5CCOCC5)cc4)CCC3)nc2)o1.O=C(CNC(=O)C(F)F)c1cnc(CC2(c3ccc(N4CCOCC4)cc3)CCC2)nc1. The van der Waals surface area contributed by atoms with E-state index < -0.39 is 37.0 Å². The topological polar surface area (TPSA) is 162 Å². The average molecular weight is 872 g/mol. The fraction of sp³-hybridized carbons (Fsp3) is 0.467. The predicted molar refractivity (Wildman–Crippen MR) is 223 cm³/mol. The van der Waals surface area contributed by atoms with Gasteiger partial charge in [0, 0.05) is 86.0 Å². The van der Waals surface area contributed by atoms with Crippen LogP contribution in [0.2, 0.25) is 0 Å². The molecule has 0 radical (unpaired) electrons. The summed E-state index contributed by atoms with van der Waals surface area (Å²) in [6.07, 6.45) is 7.97. The number of benzene rings is 2. The molecule has 2 aliphatic carbocycles. The smallest absolute Gasteiger partial charge is 0.315 e. The summed E-state index contributed by atoms with van der Waals surface area (Å²) in [6.45, 7) is 6.17. The van der Waals surface area contributed by atoms with Gasteiger partial charge in [-0.1, -0.05) is 37.1 Å². The van der Waals surface area contributed by atoms with Crippen molar-refractivity contribution >= 4 is 23.1 Å². The Kier molecular flexibility index (Phi) is 13.7. The summed E-state index contributed by atoms with van der Waals surface area (Å²) in [5.41, 5.74) is 5.63. The van der Waals surface area contributed by atoms with Crippen LogP contribution in [0.4, 0.5) is 28.9 Å². The van der Waals surface area contributed by atoms with Crippen molar-refractivity contribution in [1.29, 1.82) is 0 Å². The largest absolute Gasteiger partial charge is 0.415 e. The van der Waals surface area contributed by atoms with Crippen molar-refractivity contribution in [2.24, 2.45) is 0 Å². The van der Waals surface area contributed by atoms with E-state index in [2.05, 4.69) is 88.5 Å². The highest BCUT2D eigenvalue weighted by atomic mass is 19.3. The fourth-order valence-electron chi connectivity index (χ4n) is 8.57. The van der Waals surface area contributed by atoms with Crippen molar-refractivity contribution in [3.8, 4) is 11.5 Å². The molecule has 5 aromatic rings. The molecule has 14 nitrogen and oxygen atoms in total. The molecule has 0 spiro atoms. The maximum atomic E-state index is 12.6. The molecule has 2 aromatic carbocycles. The van der Waals surface area contributed by atoms with Crippen LogP contribution in [0.25, 0.3) is 11.5 Å². The van der Waals surface area contributed by atoms with Gasteiger partial charge in [0.15, 0.2) is 5.78 Å². The van der Waals surface area contributed by atoms with E-state index in [1.807, 2.05) is 5.32 Å². The van der Waals surface area contributed by atoms with Gasteiger partial charge >= 0.3 is 12.9 Å². The zero-order valence-electron chi connectivity index (χ0n) is 34.7. The second-order valence-corrected chi connectivity index (χ2v) is 16.4. The molecule has 63 heavy (non-hydrogen) atoms. The standard InChI is InChI=1S/C23H26F2N4O3.C22H23F2N5O2/c24-21(25)22(31)28-15-19(30)16-13-26-20(27-14-16)12-23(6-1-7-23)17-2-4-18(5-3-17)29-8-10-32-11-9-29;23-19(24)21-28-27-20(31-21)15-13-25-18(26-14-15)12-22(6-1-7-22)16-2-4-17(5-3-16)29-8-10-30-11-9-29/h2-5,13-14,21H,1,6-12,15H2,(H,28,31);2-5,13-14,19H,1,6-12H2. The van der Waals surface area contributed by atoms with E-state index in [9.17, 15) is 27.2 Å². The van der Waals surface area contributed by atoms with Gasteiger partial charge in [-0.25, -0.2) is 19.9 Å². The van der Waals surface area contributed by atoms with E-state index in [0.29, 0.717) is 23.6 Å². The highest BCUT2D eigenvalue weighted by molar-refractivity contribution is 5.99. The van der Waals surface area contributed by atoms with Gasteiger partial charge in [0.2, 0.25) is 0 Å². The third-order valence-electron chi connectivity index (χ3n) is 12.6. The number of hydrogen-bond donors (Lipinski definition) is 1. The summed E-state index contributed by atoms with van der Waals surface area (Å²) in [5, 5.41) is 8.89. The van der Waals surface area contributed by atoms with Crippen LogP contribution in [-0.4, -0.2) is 107 Å². The number of carbonyl (C=O) groups is 2. The molecule has 1 amide bonds. The minimum Gasteiger partial charge on any atom is -0.415 e. The molecule has 2 saturated carbocycles. The van der Waals surface area contributed by atoms with Gasteiger partial charge in [-0.2, -0.15) is 17.6 Å². The van der Waals surface area contributed by atoms with Crippen LogP contribution in [-0.2, 0) is 37.9 Å². The van der Waals surface area contributed by atoms with Crippen LogP contribution in [0.5, 0.6) is 0 Å². The van der Waals surface area contributed by atoms with Crippen molar-refractivity contribution in [3.05, 3.63) is 108 Å². The molecule has 3 aromatic heterocycles. The van der Waals surface area contributed by atoms with Gasteiger partial charge in [-0.15, -0.1) is 10.2 Å². The third kappa shape index (κ3) is 10.3. The number of halogens is 4. The lowest BCUT2D eigenvalue weighted by molar-refractivity contribution is -0.131. The predicted octanol–water partition coefficient (Wildman–Crippen LogP) is 6.51. The summed E-state index contributed by atoms with van der Waals surface area (Å²) in [5.74, 6) is -1.33. The zero-order chi connectivity index (χ0) is 43.8. The first kappa shape index (κ1) is 43.8. The molecular formula is C45H49F4N9O5. The highest BCUT2D eigenvalue weighted by Crippen LogP contribution is 2.47. The number of rotatable bonds is 14. The number of carbonyl (C=O) groups excluding carboxylic acids is 2. The number of anilines is 2. The van der Waals surface area contributed by atoms with Crippen molar-refractivity contribution < 1.29 is 41.0 Å². The van der Waals surface area contributed by atoms with Crippen LogP contribution in [0.3, 0.4) is 0 Å². The van der Waals surface area contributed by atoms with E-state index in [-0.39, 0.29) is 22.3 Å². The number of nitrogens with zero attached hydrogens (tertiary/aromatic N) is 8. The lowest BCUT2D eigenvalue weighted by Crippen LogP contribution is -2.38. The lowest BCUT2D eigenvalue weighted by Gasteiger charge is -2.42. The number of ketones is 1. The zero-order valence-corrected chi connectivity index (χ0v) is 34.7. The summed E-state index contributed by atoms with van der Waals surface area (Å²) in [7, 11) is 0. The Morgan fingerprint density at radius 1 is 0.651 bits per heavy atom. The first-order valence-corrected chi connectivity index (χ1v) is 21.3. The minimum atomic E-state index is -3.15. The quantitative estimate of drug-likeness (QED) is 0.0952. The first-order chi connectivity index (χ1) is 30.6. The molecular weight excluding hydrogens is 823 g/mol. The lowest BCUT2D eigenvalue weighted by atomic mass is 9.62. The number of ether oxygens (including phenoxy) is 2. The number of amides is 1. The average Bonchev–Trinajstić information content (AvgIpc) is 3.81. The van der Waals surface area contributed by atoms with E-state index >= 15 is 0 Å². The minimum absolute atomic E-state index is 0.00101. The monoisotopic (exact) mass is 871 g/mol. The van der Waals surface area contributed by atoms with Crippen LogP contribution in [0.1, 0.15) is 84.0 Å².